The van der Waals surface area contributed by atoms with Crippen LogP contribution in [0.5, 0.6) is 0 Å². The molecule has 0 aromatic carbocycles. The number of fused-ring (bicyclic) bond motifs is 1. The number of carbonyl (C=O) groups excluding carboxylic acids is 1. The van der Waals surface area contributed by atoms with Crippen molar-refractivity contribution in [1.29, 1.82) is 0 Å². The average Bonchev–Trinajstić information content (AvgIpc) is 3.22. The molecule has 4 heterocycles. The molecule has 2 aromatic heterocycles. The summed E-state index contributed by atoms with van der Waals surface area (Å²) < 4.78 is 7.42. The summed E-state index contributed by atoms with van der Waals surface area (Å²) in [6.45, 7) is 7.51. The quantitative estimate of drug-likeness (QED) is 0.844. The summed E-state index contributed by atoms with van der Waals surface area (Å²) >= 11 is 1.60. The summed E-state index contributed by atoms with van der Waals surface area (Å²) in [5.41, 5.74) is 0.865. The van der Waals surface area contributed by atoms with Crippen molar-refractivity contribution in [1.82, 2.24) is 19.2 Å². The summed E-state index contributed by atoms with van der Waals surface area (Å²) in [4.78, 5) is 22.6. The number of amides is 1. The van der Waals surface area contributed by atoms with Crippen LogP contribution in [0.15, 0.2) is 17.8 Å². The van der Waals surface area contributed by atoms with Gasteiger partial charge in [-0.1, -0.05) is 6.92 Å². The zero-order valence-electron chi connectivity index (χ0n) is 13.4. The molecule has 2 fully saturated rings. The van der Waals surface area contributed by atoms with Gasteiger partial charge in [-0.2, -0.15) is 0 Å². The third-order valence-corrected chi connectivity index (χ3v) is 5.69. The number of nitrogens with zero attached hydrogens (tertiary/aromatic N) is 4. The van der Waals surface area contributed by atoms with Crippen molar-refractivity contribution in [2.24, 2.45) is 5.92 Å². The van der Waals surface area contributed by atoms with Crippen LogP contribution in [-0.2, 0) is 16.0 Å². The van der Waals surface area contributed by atoms with Crippen molar-refractivity contribution in [3.8, 4) is 0 Å². The van der Waals surface area contributed by atoms with E-state index in [4.69, 9.17) is 4.74 Å². The number of imidazole rings is 1. The summed E-state index contributed by atoms with van der Waals surface area (Å²) in [7, 11) is 0. The Morgan fingerprint density at radius 2 is 2.22 bits per heavy atom. The summed E-state index contributed by atoms with van der Waals surface area (Å²) in [5.74, 6) is 0.709. The first kappa shape index (κ1) is 15.1. The van der Waals surface area contributed by atoms with E-state index in [-0.39, 0.29) is 5.91 Å². The highest BCUT2D eigenvalue weighted by Crippen LogP contribution is 2.23. The van der Waals surface area contributed by atoms with E-state index in [2.05, 4.69) is 16.8 Å². The van der Waals surface area contributed by atoms with Crippen molar-refractivity contribution in [3.63, 3.8) is 0 Å². The van der Waals surface area contributed by atoms with E-state index in [9.17, 15) is 4.79 Å². The molecular weight excluding hydrogens is 312 g/mol. The Morgan fingerprint density at radius 1 is 1.39 bits per heavy atom. The molecule has 4 rings (SSSR count). The third kappa shape index (κ3) is 3.00. The second-order valence-corrected chi connectivity index (χ2v) is 7.37. The molecule has 1 amide bonds. The molecule has 2 aliphatic heterocycles. The number of aromatic nitrogens is 2. The molecule has 2 atom stereocenters. The van der Waals surface area contributed by atoms with Gasteiger partial charge in [-0.15, -0.1) is 11.3 Å². The fraction of sp³-hybridized carbons (Fsp3) is 0.625. The maximum atomic E-state index is 12.6. The number of hydrogen-bond donors (Lipinski definition) is 0. The van der Waals surface area contributed by atoms with Crippen molar-refractivity contribution in [2.45, 2.75) is 19.4 Å². The van der Waals surface area contributed by atoms with E-state index in [0.29, 0.717) is 18.4 Å². The average molecular weight is 334 g/mol. The Hall–Kier alpha value is -1.44. The van der Waals surface area contributed by atoms with Crippen LogP contribution in [0.3, 0.4) is 0 Å². The van der Waals surface area contributed by atoms with E-state index in [1.807, 2.05) is 27.1 Å². The second kappa shape index (κ2) is 6.22. The molecule has 7 heteroatoms. The first-order chi connectivity index (χ1) is 11.2. The lowest BCUT2D eigenvalue weighted by atomic mass is 10.0. The van der Waals surface area contributed by atoms with Gasteiger partial charge in [0.1, 0.15) is 0 Å². The Balaban J connectivity index is 1.39. The zero-order valence-corrected chi connectivity index (χ0v) is 14.2. The number of morpholine rings is 1. The van der Waals surface area contributed by atoms with Crippen molar-refractivity contribution >= 4 is 22.2 Å². The highest BCUT2D eigenvalue weighted by Gasteiger charge is 2.36. The van der Waals surface area contributed by atoms with Gasteiger partial charge >= 0.3 is 0 Å². The Labute approximate surface area is 139 Å². The molecule has 0 saturated carbocycles. The third-order valence-electron chi connectivity index (χ3n) is 4.92. The largest absolute Gasteiger partial charge is 0.379 e. The molecule has 0 bridgehead atoms. The van der Waals surface area contributed by atoms with E-state index in [1.54, 1.807) is 11.3 Å². The molecule has 0 N–H and O–H groups in total. The van der Waals surface area contributed by atoms with Gasteiger partial charge < -0.3 is 9.64 Å². The predicted octanol–water partition coefficient (Wildman–Crippen LogP) is 1.12. The van der Waals surface area contributed by atoms with Crippen LogP contribution >= 0.6 is 11.3 Å². The molecule has 2 aromatic rings. The lowest BCUT2D eigenvalue weighted by molar-refractivity contribution is -0.129. The number of carbonyl (C=O) groups is 1. The molecule has 0 unspecified atom stereocenters. The van der Waals surface area contributed by atoms with Gasteiger partial charge in [-0.3, -0.25) is 14.1 Å². The van der Waals surface area contributed by atoms with Crippen LogP contribution < -0.4 is 0 Å². The molecular formula is C16H22N4O2S. The minimum Gasteiger partial charge on any atom is -0.379 e. The lowest BCUT2D eigenvalue weighted by Gasteiger charge is -2.33. The highest BCUT2D eigenvalue weighted by molar-refractivity contribution is 7.15. The predicted molar refractivity (Wildman–Crippen MR) is 88.7 cm³/mol. The second-order valence-electron chi connectivity index (χ2n) is 6.49. The van der Waals surface area contributed by atoms with E-state index < -0.39 is 0 Å². The summed E-state index contributed by atoms with van der Waals surface area (Å²) in [6.07, 6.45) is 4.34. The van der Waals surface area contributed by atoms with E-state index in [1.165, 1.54) is 0 Å². The Kier molecular flexibility index (Phi) is 4.09. The molecule has 2 saturated heterocycles. The molecule has 6 nitrogen and oxygen atoms in total. The van der Waals surface area contributed by atoms with Gasteiger partial charge in [0.05, 0.1) is 25.3 Å². The molecule has 23 heavy (non-hydrogen) atoms. The first-order valence-electron chi connectivity index (χ1n) is 8.21. The van der Waals surface area contributed by atoms with Gasteiger partial charge in [0.15, 0.2) is 4.96 Å². The van der Waals surface area contributed by atoms with Crippen molar-refractivity contribution < 1.29 is 9.53 Å². The van der Waals surface area contributed by atoms with Crippen LogP contribution in [0.2, 0.25) is 0 Å². The smallest absolute Gasteiger partial charge is 0.228 e. The van der Waals surface area contributed by atoms with Crippen LogP contribution in [0.4, 0.5) is 0 Å². The normalized spacial score (nSPS) is 26.2. The van der Waals surface area contributed by atoms with Gasteiger partial charge in [0, 0.05) is 50.0 Å². The van der Waals surface area contributed by atoms with Crippen LogP contribution in [0.1, 0.15) is 12.6 Å². The molecule has 2 aliphatic rings. The van der Waals surface area contributed by atoms with Crippen LogP contribution in [0.25, 0.3) is 4.96 Å². The Bertz CT molecular complexity index is 663. The van der Waals surface area contributed by atoms with Crippen molar-refractivity contribution in [2.75, 3.05) is 39.4 Å². The monoisotopic (exact) mass is 334 g/mol. The maximum absolute atomic E-state index is 12.6. The SMILES string of the molecule is C[C@@H]1CN(C(=O)Cc2cn3ccsc3n2)C[C@H]1N1CCOCC1. The van der Waals surface area contributed by atoms with Gasteiger partial charge in [-0.25, -0.2) is 4.98 Å². The highest BCUT2D eigenvalue weighted by atomic mass is 32.1. The number of likely N-dealkylation sites (tertiary alicyclic amines) is 1. The number of ether oxygens (including phenoxy) is 1. The van der Waals surface area contributed by atoms with Gasteiger partial charge in [-0.05, 0) is 5.92 Å². The molecule has 124 valence electrons. The molecule has 0 spiro atoms. The number of hydrogen-bond acceptors (Lipinski definition) is 5. The van der Waals surface area contributed by atoms with Crippen LogP contribution in [-0.4, -0.2) is 70.5 Å². The fourth-order valence-corrected chi connectivity index (χ4v) is 4.38. The van der Waals surface area contributed by atoms with Gasteiger partial charge in [0.25, 0.3) is 0 Å². The first-order valence-corrected chi connectivity index (χ1v) is 9.09. The number of thiazole rings is 1. The van der Waals surface area contributed by atoms with Crippen LogP contribution in [0, 0.1) is 5.92 Å². The minimum atomic E-state index is 0.193. The molecule has 0 aliphatic carbocycles. The lowest BCUT2D eigenvalue weighted by Crippen LogP contribution is -2.47. The van der Waals surface area contributed by atoms with E-state index >= 15 is 0 Å². The van der Waals surface area contributed by atoms with Crippen molar-refractivity contribution in [3.05, 3.63) is 23.5 Å². The topological polar surface area (TPSA) is 50.1 Å². The maximum Gasteiger partial charge on any atom is 0.228 e. The van der Waals surface area contributed by atoms with Gasteiger partial charge in [0.2, 0.25) is 5.91 Å². The standard InChI is InChI=1S/C16H22N4O2S/c1-12-9-20(11-14(12)18-2-5-22-6-3-18)15(21)8-13-10-19-4-7-23-16(19)17-13/h4,7,10,12,14H,2-3,5-6,8-9,11H2,1H3/t12-,14-/m1/s1. The minimum absolute atomic E-state index is 0.193. The van der Waals surface area contributed by atoms with E-state index in [0.717, 1.165) is 50.0 Å². The summed E-state index contributed by atoms with van der Waals surface area (Å²) in [6, 6.07) is 0.466. The number of rotatable bonds is 3. The summed E-state index contributed by atoms with van der Waals surface area (Å²) in [5, 5.41) is 2.00. The Morgan fingerprint density at radius 3 is 3.00 bits per heavy atom. The zero-order chi connectivity index (χ0) is 15.8. The fourth-order valence-electron chi connectivity index (χ4n) is 3.67. The molecule has 0 radical (unpaired) electrons.